The summed E-state index contributed by atoms with van der Waals surface area (Å²) in [5.74, 6) is 0.151. The average Bonchev–Trinajstić information content (AvgIpc) is 3.54. The number of hydrogen-bond donors (Lipinski definition) is 4. The van der Waals surface area contributed by atoms with Crippen molar-refractivity contribution in [3.05, 3.63) is 71.5 Å². The first-order valence-electron chi connectivity index (χ1n) is 21.4. The number of carbonyl (C=O) groups is 2. The SMILES string of the molecule is CN(C)CCCNC(=O)CCCCCN1/C(=C\C=C\C2=[N+](CCCCCC(=O)NCCCN(C)C)c3ccc(SOOO)cc3C2(C)C)C(C)(C)c2cc(S(=O)(=O)O)ccc21. The number of fused-ring (bicyclic) bond motifs is 2. The molecule has 0 fully saturated rings. The molecule has 4 N–H and O–H groups in total. The summed E-state index contributed by atoms with van der Waals surface area (Å²) in [4.78, 5) is 32.0. The summed E-state index contributed by atoms with van der Waals surface area (Å²) in [6, 6.07) is 10.8. The number of nitrogens with zero attached hydrogens (tertiary/aromatic N) is 4. The second kappa shape index (κ2) is 23.2. The van der Waals surface area contributed by atoms with Crippen molar-refractivity contribution in [2.75, 3.05) is 72.4 Å². The normalized spacial score (nSPS) is 16.3. The first-order valence-corrected chi connectivity index (χ1v) is 23.6. The lowest BCUT2D eigenvalue weighted by molar-refractivity contribution is -0.438. The molecule has 338 valence electrons. The molecule has 0 atom stereocenters. The van der Waals surface area contributed by atoms with E-state index in [1.54, 1.807) is 12.1 Å². The highest BCUT2D eigenvalue weighted by molar-refractivity contribution is 7.94. The van der Waals surface area contributed by atoms with Gasteiger partial charge in [0.25, 0.3) is 10.1 Å². The zero-order valence-corrected chi connectivity index (χ0v) is 39.1. The molecule has 2 aromatic carbocycles. The molecule has 0 radical (unpaired) electrons. The first-order chi connectivity index (χ1) is 28.9. The number of amides is 2. The fraction of sp³-hybridized carbons (Fsp3) is 0.578. The summed E-state index contributed by atoms with van der Waals surface area (Å²) in [6.45, 7) is 13.1. The van der Waals surface area contributed by atoms with E-state index < -0.39 is 20.9 Å². The number of anilines is 1. The Morgan fingerprint density at radius 3 is 2.03 bits per heavy atom. The lowest BCUT2D eigenvalue weighted by Gasteiger charge is -2.27. The quantitative estimate of drug-likeness (QED) is 0.0188. The fourth-order valence-electron chi connectivity index (χ4n) is 8.18. The molecule has 4 rings (SSSR count). The summed E-state index contributed by atoms with van der Waals surface area (Å²) in [6.07, 6.45) is 14.1. The second-order valence-corrected chi connectivity index (χ2v) is 19.7. The Labute approximate surface area is 368 Å². The molecule has 2 heterocycles. The highest BCUT2D eigenvalue weighted by atomic mass is 32.2. The minimum atomic E-state index is -4.41. The predicted molar refractivity (Wildman–Crippen MR) is 243 cm³/mol. The van der Waals surface area contributed by atoms with Gasteiger partial charge in [-0.1, -0.05) is 31.4 Å². The van der Waals surface area contributed by atoms with Gasteiger partial charge in [-0.2, -0.15) is 13.0 Å². The summed E-state index contributed by atoms with van der Waals surface area (Å²) in [5.41, 5.74) is 4.94. The zero-order valence-electron chi connectivity index (χ0n) is 37.5. The van der Waals surface area contributed by atoms with E-state index >= 15 is 0 Å². The third-order valence-electron chi connectivity index (χ3n) is 11.5. The maximum absolute atomic E-state index is 12.5. The topological polar surface area (TPSA) is 164 Å². The number of rotatable bonds is 26. The Bertz CT molecular complexity index is 2010. The van der Waals surface area contributed by atoms with Crippen LogP contribution in [0.25, 0.3) is 0 Å². The third-order valence-corrected chi connectivity index (χ3v) is 12.9. The van der Waals surface area contributed by atoms with Crippen LogP contribution in [0.3, 0.4) is 0 Å². The van der Waals surface area contributed by atoms with E-state index in [0.29, 0.717) is 32.5 Å². The second-order valence-electron chi connectivity index (χ2n) is 17.5. The Morgan fingerprint density at radius 2 is 1.44 bits per heavy atom. The average molecular weight is 886 g/mol. The van der Waals surface area contributed by atoms with Crippen LogP contribution in [0.1, 0.15) is 103 Å². The van der Waals surface area contributed by atoms with Gasteiger partial charge in [0.1, 0.15) is 6.54 Å². The molecule has 2 aliphatic heterocycles. The van der Waals surface area contributed by atoms with Crippen LogP contribution in [0.5, 0.6) is 0 Å². The van der Waals surface area contributed by atoms with Crippen LogP contribution in [0.15, 0.2) is 70.1 Å². The van der Waals surface area contributed by atoms with Crippen molar-refractivity contribution < 1.29 is 41.8 Å². The lowest BCUT2D eigenvalue weighted by Crippen LogP contribution is -2.28. The summed E-state index contributed by atoms with van der Waals surface area (Å²) < 4.78 is 41.5. The molecular formula is C45H69N6O8S2+. The summed E-state index contributed by atoms with van der Waals surface area (Å²) in [7, 11) is 3.67. The van der Waals surface area contributed by atoms with Crippen LogP contribution in [0, 0.1) is 0 Å². The number of allylic oxidation sites excluding steroid dienone is 4. The van der Waals surface area contributed by atoms with Crippen LogP contribution in [-0.4, -0.2) is 118 Å². The van der Waals surface area contributed by atoms with Crippen molar-refractivity contribution in [1.29, 1.82) is 0 Å². The predicted octanol–water partition coefficient (Wildman–Crippen LogP) is 7.23. The molecule has 14 nitrogen and oxygen atoms in total. The maximum atomic E-state index is 12.5. The van der Waals surface area contributed by atoms with Crippen molar-refractivity contribution in [3.63, 3.8) is 0 Å². The highest BCUT2D eigenvalue weighted by Crippen LogP contribution is 2.49. The smallest absolute Gasteiger partial charge is 0.294 e. The van der Waals surface area contributed by atoms with Gasteiger partial charge in [-0.15, -0.1) is 4.33 Å². The van der Waals surface area contributed by atoms with Gasteiger partial charge in [-0.3, -0.25) is 14.1 Å². The fourth-order valence-corrected chi connectivity index (χ4v) is 9.08. The molecule has 2 aromatic rings. The van der Waals surface area contributed by atoms with E-state index in [0.717, 1.165) is 122 Å². The molecule has 16 heteroatoms. The van der Waals surface area contributed by atoms with Crippen LogP contribution in [0.2, 0.25) is 0 Å². The van der Waals surface area contributed by atoms with Gasteiger partial charge in [-0.25, -0.2) is 5.26 Å². The van der Waals surface area contributed by atoms with Crippen LogP contribution < -0.4 is 15.5 Å². The van der Waals surface area contributed by atoms with Crippen LogP contribution >= 0.6 is 12.0 Å². The number of hydrogen-bond acceptors (Lipinski definition) is 11. The molecule has 61 heavy (non-hydrogen) atoms. The Balaban J connectivity index is 1.56. The molecule has 0 bridgehead atoms. The van der Waals surface area contributed by atoms with E-state index in [1.807, 2.05) is 40.3 Å². The Morgan fingerprint density at radius 1 is 0.820 bits per heavy atom. The van der Waals surface area contributed by atoms with Gasteiger partial charge < -0.3 is 25.3 Å². The zero-order chi connectivity index (χ0) is 44.8. The largest absolute Gasteiger partial charge is 0.356 e. The van der Waals surface area contributed by atoms with Gasteiger partial charge in [0, 0.05) is 78.3 Å². The molecule has 0 saturated heterocycles. The van der Waals surface area contributed by atoms with Gasteiger partial charge in [0.05, 0.1) is 22.4 Å². The minimum Gasteiger partial charge on any atom is -0.356 e. The van der Waals surface area contributed by atoms with Crippen molar-refractivity contribution in [2.24, 2.45) is 0 Å². The van der Waals surface area contributed by atoms with Crippen molar-refractivity contribution in [2.45, 2.75) is 113 Å². The summed E-state index contributed by atoms with van der Waals surface area (Å²) >= 11 is 0.924. The van der Waals surface area contributed by atoms with Crippen LogP contribution in [-0.2, 0) is 39.9 Å². The van der Waals surface area contributed by atoms with E-state index in [1.165, 1.54) is 6.07 Å². The van der Waals surface area contributed by atoms with Gasteiger partial charge in [0.2, 0.25) is 17.5 Å². The molecule has 0 unspecified atom stereocenters. The molecule has 2 aliphatic rings. The maximum Gasteiger partial charge on any atom is 0.294 e. The molecule has 0 aliphatic carbocycles. The standard InChI is InChI=1S/C45H68N6O8S2/c1-44(2)36-32-34(60-59-58-54)22-24-38(36)50(30-13-9-11-20-42(52)46-26-16-28-48(5)6)40(44)18-15-19-41-45(3,4)37-33-35(61(55,56)57)23-25-39(37)51(41)31-14-10-12-21-43(53)47-27-17-29-49(7)8/h15,18-19,22-25,32-33H,9-14,16-17,20-21,26-31H2,1-8H3,(H3-,46,47,52,53,54,55,56,57)/p+1. The van der Waals surface area contributed by atoms with Crippen molar-refractivity contribution in [3.8, 4) is 0 Å². The van der Waals surface area contributed by atoms with Crippen molar-refractivity contribution >= 4 is 51.1 Å². The van der Waals surface area contributed by atoms with Gasteiger partial charge in [-0.05, 0) is 136 Å². The first kappa shape index (κ1) is 50.0. The molecule has 0 saturated carbocycles. The van der Waals surface area contributed by atoms with E-state index in [9.17, 15) is 22.6 Å². The van der Waals surface area contributed by atoms with Gasteiger partial charge in [0.15, 0.2) is 5.71 Å². The number of nitrogens with one attached hydrogen (secondary N) is 2. The highest BCUT2D eigenvalue weighted by Gasteiger charge is 2.45. The van der Waals surface area contributed by atoms with E-state index in [-0.39, 0.29) is 16.7 Å². The Kier molecular flexibility index (Phi) is 19.0. The lowest BCUT2D eigenvalue weighted by atomic mass is 9.81. The van der Waals surface area contributed by atoms with Crippen LogP contribution in [0.4, 0.5) is 11.4 Å². The molecular weight excluding hydrogens is 817 g/mol. The minimum absolute atomic E-state index is 0.0648. The van der Waals surface area contributed by atoms with E-state index in [2.05, 4.69) is 86.9 Å². The van der Waals surface area contributed by atoms with Gasteiger partial charge >= 0.3 is 0 Å². The molecule has 0 aromatic heterocycles. The third kappa shape index (κ3) is 14.2. The number of benzene rings is 2. The van der Waals surface area contributed by atoms with E-state index in [4.69, 9.17) is 9.59 Å². The molecule has 2 amide bonds. The number of carbonyl (C=O) groups excluding carboxylic acids is 2. The molecule has 0 spiro atoms. The number of unbranched alkanes of at least 4 members (excludes halogenated alkanes) is 4. The van der Waals surface area contributed by atoms with Crippen molar-refractivity contribution in [1.82, 2.24) is 20.4 Å². The summed E-state index contributed by atoms with van der Waals surface area (Å²) in [5, 5.41) is 18.7. The Hall–Kier alpha value is -3.61. The monoisotopic (exact) mass is 885 g/mol.